The van der Waals surface area contributed by atoms with E-state index in [2.05, 4.69) is 23.9 Å². The van der Waals surface area contributed by atoms with Gasteiger partial charge in [0, 0.05) is 19.1 Å². The van der Waals surface area contributed by atoms with Crippen LogP contribution in [0.5, 0.6) is 0 Å². The Morgan fingerprint density at radius 2 is 2.33 bits per heavy atom. The first-order valence-corrected chi connectivity index (χ1v) is 4.25. The summed E-state index contributed by atoms with van der Waals surface area (Å²) in [6.07, 6.45) is 3.12. The van der Waals surface area contributed by atoms with Gasteiger partial charge in [0.25, 0.3) is 0 Å². The standard InChI is InChI=1S/C8H15N3O/c1-7(2)11-8(4-3-5-12)9-6-10-11/h6-7,12H,3-5H2,1-2H3. The Balaban J connectivity index is 2.64. The zero-order chi connectivity index (χ0) is 8.97. The molecule has 0 saturated heterocycles. The van der Waals surface area contributed by atoms with Crippen LogP contribution in [0.3, 0.4) is 0 Å². The van der Waals surface area contributed by atoms with Crippen molar-refractivity contribution in [2.45, 2.75) is 32.7 Å². The van der Waals surface area contributed by atoms with Gasteiger partial charge in [0.05, 0.1) is 0 Å². The molecule has 1 aromatic rings. The van der Waals surface area contributed by atoms with Crippen molar-refractivity contribution in [3.63, 3.8) is 0 Å². The number of hydrogen-bond donors (Lipinski definition) is 1. The number of aryl methyl sites for hydroxylation is 1. The molecule has 0 saturated carbocycles. The highest BCUT2D eigenvalue weighted by molar-refractivity contribution is 4.86. The van der Waals surface area contributed by atoms with Crippen LogP contribution in [0.2, 0.25) is 0 Å². The zero-order valence-electron chi connectivity index (χ0n) is 7.56. The van der Waals surface area contributed by atoms with Crippen LogP contribution in [0.4, 0.5) is 0 Å². The second-order valence-corrected chi connectivity index (χ2v) is 3.04. The maximum atomic E-state index is 8.64. The molecule has 12 heavy (non-hydrogen) atoms. The predicted octanol–water partition coefficient (Wildman–Crippen LogP) is 0.784. The lowest BCUT2D eigenvalue weighted by atomic mass is 10.3. The molecule has 4 heteroatoms. The Kier molecular flexibility index (Phi) is 3.22. The largest absolute Gasteiger partial charge is 0.396 e. The van der Waals surface area contributed by atoms with Gasteiger partial charge in [-0.2, -0.15) is 5.10 Å². The van der Waals surface area contributed by atoms with E-state index in [4.69, 9.17) is 5.11 Å². The summed E-state index contributed by atoms with van der Waals surface area (Å²) in [6.45, 7) is 4.35. The van der Waals surface area contributed by atoms with Crippen LogP contribution in [-0.4, -0.2) is 26.5 Å². The summed E-state index contributed by atoms with van der Waals surface area (Å²) in [7, 11) is 0. The summed E-state index contributed by atoms with van der Waals surface area (Å²) in [5, 5.41) is 12.7. The van der Waals surface area contributed by atoms with E-state index < -0.39 is 0 Å². The molecule has 1 rings (SSSR count). The molecule has 1 N–H and O–H groups in total. The van der Waals surface area contributed by atoms with Gasteiger partial charge in [0.15, 0.2) is 0 Å². The van der Waals surface area contributed by atoms with Gasteiger partial charge in [-0.3, -0.25) is 0 Å². The van der Waals surface area contributed by atoms with E-state index >= 15 is 0 Å². The fourth-order valence-electron chi connectivity index (χ4n) is 1.12. The van der Waals surface area contributed by atoms with Crippen LogP contribution in [0.25, 0.3) is 0 Å². The molecule has 0 amide bonds. The van der Waals surface area contributed by atoms with E-state index in [1.165, 1.54) is 0 Å². The van der Waals surface area contributed by atoms with E-state index in [0.29, 0.717) is 6.04 Å². The molecule has 4 nitrogen and oxygen atoms in total. The maximum absolute atomic E-state index is 8.64. The van der Waals surface area contributed by atoms with E-state index in [9.17, 15) is 0 Å². The van der Waals surface area contributed by atoms with Gasteiger partial charge in [-0.05, 0) is 20.3 Å². The van der Waals surface area contributed by atoms with Gasteiger partial charge in [0.1, 0.15) is 12.2 Å². The highest BCUT2D eigenvalue weighted by Gasteiger charge is 2.05. The quantitative estimate of drug-likeness (QED) is 0.724. The molecule has 0 aliphatic carbocycles. The lowest BCUT2D eigenvalue weighted by molar-refractivity contribution is 0.286. The van der Waals surface area contributed by atoms with Crippen LogP contribution in [-0.2, 0) is 6.42 Å². The maximum Gasteiger partial charge on any atom is 0.138 e. The van der Waals surface area contributed by atoms with Crippen molar-refractivity contribution < 1.29 is 5.11 Å². The van der Waals surface area contributed by atoms with Crippen molar-refractivity contribution in [2.24, 2.45) is 0 Å². The minimum atomic E-state index is 0.213. The first-order valence-electron chi connectivity index (χ1n) is 4.25. The van der Waals surface area contributed by atoms with Crippen LogP contribution in [0, 0.1) is 0 Å². The van der Waals surface area contributed by atoms with Crippen molar-refractivity contribution >= 4 is 0 Å². The Hall–Kier alpha value is -0.900. The van der Waals surface area contributed by atoms with Crippen LogP contribution in [0.1, 0.15) is 32.1 Å². The lowest BCUT2D eigenvalue weighted by Crippen LogP contribution is -2.08. The first kappa shape index (κ1) is 9.19. The Labute approximate surface area is 72.2 Å². The normalized spacial score (nSPS) is 11.0. The molecule has 0 aliphatic heterocycles. The number of hydrogen-bond acceptors (Lipinski definition) is 3. The van der Waals surface area contributed by atoms with Crippen molar-refractivity contribution in [3.8, 4) is 0 Å². The summed E-state index contributed by atoms with van der Waals surface area (Å²) in [5.41, 5.74) is 0. The van der Waals surface area contributed by atoms with E-state index in [1.54, 1.807) is 6.33 Å². The minimum absolute atomic E-state index is 0.213. The topological polar surface area (TPSA) is 50.9 Å². The zero-order valence-corrected chi connectivity index (χ0v) is 7.56. The van der Waals surface area contributed by atoms with E-state index in [0.717, 1.165) is 18.7 Å². The number of rotatable bonds is 4. The Bertz CT molecular complexity index is 232. The van der Waals surface area contributed by atoms with Gasteiger partial charge in [-0.1, -0.05) is 0 Å². The van der Waals surface area contributed by atoms with Gasteiger partial charge in [-0.25, -0.2) is 9.67 Å². The third-order valence-electron chi connectivity index (χ3n) is 1.69. The molecule has 68 valence electrons. The molecule has 0 atom stereocenters. The fraction of sp³-hybridized carbons (Fsp3) is 0.750. The average Bonchev–Trinajstić information content (AvgIpc) is 2.48. The smallest absolute Gasteiger partial charge is 0.138 e. The molecule has 0 bridgehead atoms. The molecule has 0 radical (unpaired) electrons. The summed E-state index contributed by atoms with van der Waals surface area (Å²) in [6, 6.07) is 0.348. The van der Waals surface area contributed by atoms with Crippen LogP contribution in [0.15, 0.2) is 6.33 Å². The van der Waals surface area contributed by atoms with Crippen molar-refractivity contribution in [2.75, 3.05) is 6.61 Å². The Morgan fingerprint density at radius 3 is 2.92 bits per heavy atom. The van der Waals surface area contributed by atoms with Crippen LogP contribution < -0.4 is 0 Å². The summed E-state index contributed by atoms with van der Waals surface area (Å²) in [5.74, 6) is 0.957. The van der Waals surface area contributed by atoms with Crippen molar-refractivity contribution in [1.82, 2.24) is 14.8 Å². The fourth-order valence-corrected chi connectivity index (χ4v) is 1.12. The van der Waals surface area contributed by atoms with Gasteiger partial charge < -0.3 is 5.11 Å². The molecule has 0 unspecified atom stereocenters. The van der Waals surface area contributed by atoms with Crippen LogP contribution >= 0.6 is 0 Å². The molecule has 1 heterocycles. The number of aliphatic hydroxyl groups is 1. The summed E-state index contributed by atoms with van der Waals surface area (Å²) < 4.78 is 1.88. The number of nitrogens with zero attached hydrogens (tertiary/aromatic N) is 3. The number of aromatic nitrogens is 3. The summed E-state index contributed by atoms with van der Waals surface area (Å²) >= 11 is 0. The third-order valence-corrected chi connectivity index (χ3v) is 1.69. The Morgan fingerprint density at radius 1 is 1.58 bits per heavy atom. The monoisotopic (exact) mass is 169 g/mol. The van der Waals surface area contributed by atoms with E-state index in [-0.39, 0.29) is 6.61 Å². The van der Waals surface area contributed by atoms with Gasteiger partial charge >= 0.3 is 0 Å². The molecule has 0 aromatic carbocycles. The molecule has 0 aliphatic rings. The molecular formula is C8H15N3O. The first-order chi connectivity index (χ1) is 5.75. The molecular weight excluding hydrogens is 154 g/mol. The molecule has 1 aromatic heterocycles. The van der Waals surface area contributed by atoms with Gasteiger partial charge in [-0.15, -0.1) is 0 Å². The molecule has 0 spiro atoms. The lowest BCUT2D eigenvalue weighted by Gasteiger charge is -2.07. The second-order valence-electron chi connectivity index (χ2n) is 3.04. The third kappa shape index (κ3) is 2.04. The van der Waals surface area contributed by atoms with E-state index in [1.807, 2.05) is 4.68 Å². The van der Waals surface area contributed by atoms with Gasteiger partial charge in [0.2, 0.25) is 0 Å². The second kappa shape index (κ2) is 4.21. The highest BCUT2D eigenvalue weighted by atomic mass is 16.2. The highest BCUT2D eigenvalue weighted by Crippen LogP contribution is 2.06. The molecule has 0 fully saturated rings. The van der Waals surface area contributed by atoms with Crippen molar-refractivity contribution in [1.29, 1.82) is 0 Å². The summed E-state index contributed by atoms with van der Waals surface area (Å²) in [4.78, 5) is 4.12. The average molecular weight is 169 g/mol. The minimum Gasteiger partial charge on any atom is -0.396 e. The predicted molar refractivity (Wildman–Crippen MR) is 45.8 cm³/mol. The van der Waals surface area contributed by atoms with Crippen molar-refractivity contribution in [3.05, 3.63) is 12.2 Å². The number of aliphatic hydroxyl groups excluding tert-OH is 1. The SMILES string of the molecule is CC(C)n1ncnc1CCCO.